The molecule has 4 nitrogen and oxygen atoms in total. The summed E-state index contributed by atoms with van der Waals surface area (Å²) in [6.07, 6.45) is 2.33. The Morgan fingerprint density at radius 2 is 2.00 bits per heavy atom. The van der Waals surface area contributed by atoms with E-state index in [1.165, 1.54) is 6.42 Å². The Morgan fingerprint density at radius 3 is 2.31 bits per heavy atom. The number of nitrogens with one attached hydrogen (secondary N) is 1. The van der Waals surface area contributed by atoms with Gasteiger partial charge in [-0.15, -0.1) is 0 Å². The van der Waals surface area contributed by atoms with Crippen LogP contribution in [-0.2, 0) is 4.89 Å². The molecule has 0 amide bonds. The quantitative estimate of drug-likeness (QED) is 0.450. The van der Waals surface area contributed by atoms with Gasteiger partial charge in [-0.05, 0) is 40.2 Å². The molecule has 0 aromatic carbocycles. The molecule has 4 heteroatoms. The molecule has 1 unspecified atom stereocenters. The summed E-state index contributed by atoms with van der Waals surface area (Å²) in [5, 5.41) is 19.7. The zero-order valence-corrected chi connectivity index (χ0v) is 8.71. The molecule has 0 saturated carbocycles. The van der Waals surface area contributed by atoms with Crippen LogP contribution in [0.25, 0.3) is 0 Å². The van der Waals surface area contributed by atoms with Gasteiger partial charge >= 0.3 is 0 Å². The van der Waals surface area contributed by atoms with Gasteiger partial charge in [-0.3, -0.25) is 5.26 Å². The summed E-state index contributed by atoms with van der Waals surface area (Å²) in [4.78, 5) is 3.96. The molecule has 1 saturated heterocycles. The van der Waals surface area contributed by atoms with Gasteiger partial charge < -0.3 is 10.4 Å². The summed E-state index contributed by atoms with van der Waals surface area (Å²) in [6, 6.07) is 0.389. The lowest BCUT2D eigenvalue weighted by atomic mass is 10.2. The molecule has 0 radical (unpaired) electrons. The van der Waals surface area contributed by atoms with Gasteiger partial charge in [-0.2, -0.15) is 0 Å². The van der Waals surface area contributed by atoms with Crippen molar-refractivity contribution in [1.82, 2.24) is 5.32 Å². The van der Waals surface area contributed by atoms with E-state index in [2.05, 4.69) is 10.2 Å². The summed E-state index contributed by atoms with van der Waals surface area (Å²) in [5.41, 5.74) is -0.500. The van der Waals surface area contributed by atoms with Crippen LogP contribution in [0.2, 0.25) is 0 Å². The summed E-state index contributed by atoms with van der Waals surface area (Å²) in [5.74, 6) is 0. The lowest BCUT2D eigenvalue weighted by Crippen LogP contribution is -2.25. The number of aliphatic hydroxyl groups is 1. The molecule has 0 aromatic heterocycles. The third kappa shape index (κ3) is 11.8. The third-order valence-corrected chi connectivity index (χ3v) is 1.44. The lowest BCUT2D eigenvalue weighted by Gasteiger charge is -2.04. The van der Waals surface area contributed by atoms with Crippen molar-refractivity contribution in [3.8, 4) is 0 Å². The smallest absolute Gasteiger partial charge is 0.0972 e. The minimum absolute atomic E-state index is 0.389. The number of rotatable bonds is 2. The maximum atomic E-state index is 8.52. The normalized spacial score (nSPS) is 22.4. The fraction of sp³-hybridized carbons (Fsp3) is 1.00. The second kappa shape index (κ2) is 6.32. The van der Waals surface area contributed by atoms with Crippen LogP contribution in [0.15, 0.2) is 0 Å². The van der Waals surface area contributed by atoms with Crippen molar-refractivity contribution in [2.45, 2.75) is 45.3 Å². The average Bonchev–Trinajstić information content (AvgIpc) is 2.36. The van der Waals surface area contributed by atoms with Gasteiger partial charge in [-0.1, -0.05) is 0 Å². The van der Waals surface area contributed by atoms with Crippen molar-refractivity contribution in [3.05, 3.63) is 0 Å². The summed E-state index contributed by atoms with van der Waals surface area (Å²) < 4.78 is 0. The molecule has 1 fully saturated rings. The van der Waals surface area contributed by atoms with E-state index in [4.69, 9.17) is 10.4 Å². The summed E-state index contributed by atoms with van der Waals surface area (Å²) in [6.45, 7) is 6.72. The van der Waals surface area contributed by atoms with Gasteiger partial charge in [0.05, 0.1) is 12.2 Å². The highest BCUT2D eigenvalue weighted by atomic mass is 17.1. The molecule has 1 heterocycles. The van der Waals surface area contributed by atoms with Crippen LogP contribution >= 0.6 is 0 Å². The van der Waals surface area contributed by atoms with Crippen LogP contribution in [0.4, 0.5) is 0 Å². The van der Waals surface area contributed by atoms with E-state index in [1.807, 2.05) is 0 Å². The Labute approximate surface area is 79.8 Å². The van der Waals surface area contributed by atoms with Gasteiger partial charge in [0.2, 0.25) is 0 Å². The van der Waals surface area contributed by atoms with Crippen molar-refractivity contribution < 1.29 is 15.3 Å². The molecule has 0 aromatic rings. The van der Waals surface area contributed by atoms with E-state index >= 15 is 0 Å². The maximum Gasteiger partial charge on any atom is 0.0972 e. The van der Waals surface area contributed by atoms with Crippen LogP contribution in [0, 0.1) is 0 Å². The van der Waals surface area contributed by atoms with Gasteiger partial charge in [-0.25, -0.2) is 4.89 Å². The molecule has 1 rings (SSSR count). The highest BCUT2D eigenvalue weighted by molar-refractivity contribution is 4.72. The second-order valence-corrected chi connectivity index (χ2v) is 4.26. The topological polar surface area (TPSA) is 61.7 Å². The number of hydrogen-bond donors (Lipinski definition) is 3. The Kier molecular flexibility index (Phi) is 6.24. The summed E-state index contributed by atoms with van der Waals surface area (Å²) >= 11 is 0. The minimum Gasteiger partial charge on any atom is -0.391 e. The van der Waals surface area contributed by atoms with Crippen LogP contribution in [-0.4, -0.2) is 35.2 Å². The average molecular weight is 191 g/mol. The molecule has 3 N–H and O–H groups in total. The molecule has 1 aliphatic heterocycles. The zero-order chi connectivity index (χ0) is 10.3. The molecule has 0 spiro atoms. The van der Waals surface area contributed by atoms with E-state index in [0.29, 0.717) is 12.6 Å². The fourth-order valence-electron chi connectivity index (χ4n) is 0.989. The van der Waals surface area contributed by atoms with Crippen LogP contribution in [0.1, 0.15) is 33.6 Å². The molecule has 80 valence electrons. The van der Waals surface area contributed by atoms with Gasteiger partial charge in [0, 0.05) is 6.04 Å². The first-order chi connectivity index (χ1) is 5.93. The highest BCUT2D eigenvalue weighted by Crippen LogP contribution is 2.03. The first-order valence-electron chi connectivity index (χ1n) is 4.65. The zero-order valence-electron chi connectivity index (χ0n) is 8.71. The predicted molar refractivity (Wildman–Crippen MR) is 51.6 cm³/mol. The van der Waals surface area contributed by atoms with Gasteiger partial charge in [0.1, 0.15) is 0 Å². The van der Waals surface area contributed by atoms with E-state index in [-0.39, 0.29) is 0 Å². The Morgan fingerprint density at radius 1 is 1.46 bits per heavy atom. The molecular formula is C9H21NO3. The monoisotopic (exact) mass is 191 g/mol. The second-order valence-electron chi connectivity index (χ2n) is 4.26. The Bertz CT molecular complexity index is 111. The lowest BCUT2D eigenvalue weighted by molar-refractivity contribution is -0.245. The van der Waals surface area contributed by atoms with Crippen molar-refractivity contribution in [2.24, 2.45) is 0 Å². The predicted octanol–water partition coefficient (Wildman–Crippen LogP) is 1.01. The van der Waals surface area contributed by atoms with E-state index < -0.39 is 5.60 Å². The molecule has 0 bridgehead atoms. The largest absolute Gasteiger partial charge is 0.391 e. The first-order valence-corrected chi connectivity index (χ1v) is 4.65. The summed E-state index contributed by atoms with van der Waals surface area (Å²) in [7, 11) is 0. The van der Waals surface area contributed by atoms with E-state index in [0.717, 1.165) is 13.0 Å². The maximum absolute atomic E-state index is 8.52. The minimum atomic E-state index is -0.500. The van der Waals surface area contributed by atoms with Crippen molar-refractivity contribution >= 4 is 0 Å². The van der Waals surface area contributed by atoms with E-state index in [1.54, 1.807) is 20.8 Å². The SMILES string of the molecule is CC(C)(C)O.OOCC1CCCN1. The Balaban J connectivity index is 0.000000252. The molecule has 1 atom stereocenters. The van der Waals surface area contributed by atoms with Crippen LogP contribution in [0.3, 0.4) is 0 Å². The molecule has 0 aliphatic carbocycles. The van der Waals surface area contributed by atoms with E-state index in [9.17, 15) is 0 Å². The molecular weight excluding hydrogens is 170 g/mol. The molecule has 13 heavy (non-hydrogen) atoms. The van der Waals surface area contributed by atoms with Crippen molar-refractivity contribution in [3.63, 3.8) is 0 Å². The van der Waals surface area contributed by atoms with Crippen molar-refractivity contribution in [2.75, 3.05) is 13.2 Å². The number of hydrogen-bond acceptors (Lipinski definition) is 4. The van der Waals surface area contributed by atoms with Crippen LogP contribution < -0.4 is 5.32 Å². The van der Waals surface area contributed by atoms with Crippen molar-refractivity contribution in [1.29, 1.82) is 0 Å². The first kappa shape index (κ1) is 12.8. The standard InChI is InChI=1S/C5H11NO2.C4H10O/c7-8-4-5-2-1-3-6-5;1-4(2,3)5/h5-7H,1-4H2;5H,1-3H3. The molecule has 1 aliphatic rings. The van der Waals surface area contributed by atoms with Crippen LogP contribution in [0.5, 0.6) is 0 Å². The van der Waals surface area contributed by atoms with Gasteiger partial charge in [0.15, 0.2) is 0 Å². The fourth-order valence-corrected chi connectivity index (χ4v) is 0.989. The third-order valence-electron chi connectivity index (χ3n) is 1.44. The Hall–Kier alpha value is -0.160. The van der Waals surface area contributed by atoms with Gasteiger partial charge in [0.25, 0.3) is 0 Å². The highest BCUT2D eigenvalue weighted by Gasteiger charge is 2.12.